The Morgan fingerprint density at radius 3 is 2.65 bits per heavy atom. The number of halogens is 2. The van der Waals surface area contributed by atoms with Crippen LogP contribution in [0.3, 0.4) is 0 Å². The second-order valence-electron chi connectivity index (χ2n) is 5.32. The minimum atomic E-state index is 0.422. The molecule has 1 aliphatic rings. The monoisotopic (exact) mass is 311 g/mol. The summed E-state index contributed by atoms with van der Waals surface area (Å²) < 4.78 is 2.21. The van der Waals surface area contributed by atoms with Crippen molar-refractivity contribution in [3.05, 3.63) is 29.0 Å². The van der Waals surface area contributed by atoms with Crippen molar-refractivity contribution in [2.75, 3.05) is 19.6 Å². The lowest BCUT2D eigenvalue weighted by Gasteiger charge is -2.26. The summed E-state index contributed by atoms with van der Waals surface area (Å²) in [4.78, 5) is 7.10. The molecular formula is C15H19Cl2N3. The van der Waals surface area contributed by atoms with E-state index in [9.17, 15) is 0 Å². The third-order valence-electron chi connectivity index (χ3n) is 4.02. The van der Waals surface area contributed by atoms with E-state index in [1.165, 1.54) is 32.4 Å². The highest BCUT2D eigenvalue weighted by Gasteiger charge is 2.14. The number of para-hydroxylation sites is 1. The largest absolute Gasteiger partial charge is 0.326 e. The molecule has 1 aliphatic heterocycles. The molecule has 108 valence electrons. The van der Waals surface area contributed by atoms with Crippen LogP contribution in [0.1, 0.15) is 25.1 Å². The van der Waals surface area contributed by atoms with Gasteiger partial charge in [0.2, 0.25) is 0 Å². The highest BCUT2D eigenvalue weighted by atomic mass is 35.5. The van der Waals surface area contributed by atoms with Crippen molar-refractivity contribution in [1.29, 1.82) is 0 Å². The standard InChI is InChI=1S/C15H19Cl2N3/c16-11-14-18-15-12(17)5-4-6-13(15)20(14)10-9-19-7-2-1-3-8-19/h4-6H,1-3,7-11H2. The van der Waals surface area contributed by atoms with Crippen molar-refractivity contribution in [3.63, 3.8) is 0 Å². The predicted octanol–water partition coefficient (Wildman–Crippen LogP) is 3.91. The van der Waals surface area contributed by atoms with Gasteiger partial charge in [0.1, 0.15) is 11.3 Å². The molecule has 2 aromatic rings. The minimum Gasteiger partial charge on any atom is -0.326 e. The van der Waals surface area contributed by atoms with Crippen LogP contribution in [0.5, 0.6) is 0 Å². The lowest BCUT2D eigenvalue weighted by Crippen LogP contribution is -2.32. The Kier molecular flexibility index (Phi) is 4.49. The maximum absolute atomic E-state index is 6.22. The molecule has 1 fully saturated rings. The van der Waals surface area contributed by atoms with E-state index in [0.717, 1.165) is 29.9 Å². The summed E-state index contributed by atoms with van der Waals surface area (Å²) in [7, 11) is 0. The number of hydrogen-bond donors (Lipinski definition) is 0. The lowest BCUT2D eigenvalue weighted by atomic mass is 10.1. The van der Waals surface area contributed by atoms with Gasteiger partial charge < -0.3 is 9.47 Å². The number of benzene rings is 1. The topological polar surface area (TPSA) is 21.1 Å². The summed E-state index contributed by atoms with van der Waals surface area (Å²) in [6.45, 7) is 4.41. The summed E-state index contributed by atoms with van der Waals surface area (Å²) >= 11 is 12.3. The van der Waals surface area contributed by atoms with E-state index in [4.69, 9.17) is 23.2 Å². The minimum absolute atomic E-state index is 0.422. The third-order valence-corrected chi connectivity index (χ3v) is 4.56. The first-order valence-electron chi connectivity index (χ1n) is 7.21. The summed E-state index contributed by atoms with van der Waals surface area (Å²) in [6, 6.07) is 5.92. The Labute approximate surface area is 129 Å². The van der Waals surface area contributed by atoms with Crippen LogP contribution in [0.4, 0.5) is 0 Å². The van der Waals surface area contributed by atoms with E-state index in [1.807, 2.05) is 12.1 Å². The van der Waals surface area contributed by atoms with Gasteiger partial charge in [0, 0.05) is 13.1 Å². The van der Waals surface area contributed by atoms with Crippen LogP contribution in [0.25, 0.3) is 11.0 Å². The third kappa shape index (κ3) is 2.80. The van der Waals surface area contributed by atoms with Crippen molar-refractivity contribution >= 4 is 34.2 Å². The van der Waals surface area contributed by atoms with Gasteiger partial charge in [-0.05, 0) is 38.1 Å². The zero-order valence-electron chi connectivity index (χ0n) is 11.5. The summed E-state index contributed by atoms with van der Waals surface area (Å²) in [6.07, 6.45) is 4.00. The van der Waals surface area contributed by atoms with Crippen molar-refractivity contribution in [1.82, 2.24) is 14.5 Å². The average Bonchev–Trinajstić information content (AvgIpc) is 2.85. The molecular weight excluding hydrogens is 293 g/mol. The van der Waals surface area contributed by atoms with Gasteiger partial charge in [-0.25, -0.2) is 4.98 Å². The molecule has 0 unspecified atom stereocenters. The van der Waals surface area contributed by atoms with Gasteiger partial charge in [-0.1, -0.05) is 24.1 Å². The Bertz CT molecular complexity index is 588. The SMILES string of the molecule is ClCc1nc2c(Cl)cccc2n1CCN1CCCCC1. The highest BCUT2D eigenvalue weighted by molar-refractivity contribution is 6.35. The molecule has 0 atom stereocenters. The molecule has 0 saturated carbocycles. The zero-order chi connectivity index (χ0) is 13.9. The molecule has 0 radical (unpaired) electrons. The second-order valence-corrected chi connectivity index (χ2v) is 6.00. The van der Waals surface area contributed by atoms with Gasteiger partial charge in [0.25, 0.3) is 0 Å². The van der Waals surface area contributed by atoms with E-state index in [-0.39, 0.29) is 0 Å². The van der Waals surface area contributed by atoms with Crippen LogP contribution < -0.4 is 0 Å². The molecule has 0 amide bonds. The number of aromatic nitrogens is 2. The Morgan fingerprint density at radius 2 is 1.90 bits per heavy atom. The number of imidazole rings is 1. The van der Waals surface area contributed by atoms with E-state index in [1.54, 1.807) is 0 Å². The van der Waals surface area contributed by atoms with Gasteiger partial charge in [0.15, 0.2) is 0 Å². The summed E-state index contributed by atoms with van der Waals surface area (Å²) in [5.41, 5.74) is 1.95. The van der Waals surface area contributed by atoms with Crippen LogP contribution in [0.15, 0.2) is 18.2 Å². The first-order valence-corrected chi connectivity index (χ1v) is 8.13. The Morgan fingerprint density at radius 1 is 1.10 bits per heavy atom. The molecule has 20 heavy (non-hydrogen) atoms. The van der Waals surface area contributed by atoms with Gasteiger partial charge in [0.05, 0.1) is 16.4 Å². The molecule has 5 heteroatoms. The van der Waals surface area contributed by atoms with Crippen molar-refractivity contribution in [3.8, 4) is 0 Å². The normalized spacial score (nSPS) is 16.9. The van der Waals surface area contributed by atoms with E-state index in [2.05, 4.69) is 20.5 Å². The number of likely N-dealkylation sites (tertiary alicyclic amines) is 1. The molecule has 0 spiro atoms. The van der Waals surface area contributed by atoms with Crippen molar-refractivity contribution in [2.24, 2.45) is 0 Å². The predicted molar refractivity (Wildman–Crippen MR) is 84.6 cm³/mol. The number of piperidine rings is 1. The number of rotatable bonds is 4. The number of nitrogens with zero attached hydrogens (tertiary/aromatic N) is 3. The van der Waals surface area contributed by atoms with Gasteiger partial charge in [-0.15, -0.1) is 11.6 Å². The van der Waals surface area contributed by atoms with E-state index >= 15 is 0 Å². The molecule has 2 heterocycles. The fourth-order valence-electron chi connectivity index (χ4n) is 2.94. The summed E-state index contributed by atoms with van der Waals surface area (Å²) in [5.74, 6) is 1.33. The smallest absolute Gasteiger partial charge is 0.124 e. The molecule has 1 aromatic carbocycles. The number of hydrogen-bond acceptors (Lipinski definition) is 2. The molecule has 1 aromatic heterocycles. The second kappa shape index (κ2) is 6.33. The summed E-state index contributed by atoms with van der Waals surface area (Å²) in [5, 5.41) is 0.700. The van der Waals surface area contributed by atoms with E-state index in [0.29, 0.717) is 10.9 Å². The average molecular weight is 312 g/mol. The molecule has 1 saturated heterocycles. The number of alkyl halides is 1. The molecule has 0 N–H and O–H groups in total. The maximum atomic E-state index is 6.22. The van der Waals surface area contributed by atoms with Gasteiger partial charge in [-0.2, -0.15) is 0 Å². The lowest BCUT2D eigenvalue weighted by molar-refractivity contribution is 0.221. The Balaban J connectivity index is 1.84. The molecule has 0 aliphatic carbocycles. The molecule has 0 bridgehead atoms. The van der Waals surface area contributed by atoms with Crippen LogP contribution in [0.2, 0.25) is 5.02 Å². The van der Waals surface area contributed by atoms with Crippen LogP contribution in [-0.4, -0.2) is 34.1 Å². The fourth-order valence-corrected chi connectivity index (χ4v) is 3.35. The molecule has 3 rings (SSSR count). The number of fused-ring (bicyclic) bond motifs is 1. The van der Waals surface area contributed by atoms with E-state index < -0.39 is 0 Å². The van der Waals surface area contributed by atoms with Crippen LogP contribution in [-0.2, 0) is 12.4 Å². The van der Waals surface area contributed by atoms with Gasteiger partial charge >= 0.3 is 0 Å². The first-order chi connectivity index (χ1) is 9.79. The quantitative estimate of drug-likeness (QED) is 0.798. The zero-order valence-corrected chi connectivity index (χ0v) is 13.0. The Hall–Kier alpha value is -0.770. The van der Waals surface area contributed by atoms with Crippen LogP contribution in [0, 0.1) is 0 Å². The van der Waals surface area contributed by atoms with Crippen LogP contribution >= 0.6 is 23.2 Å². The fraction of sp³-hybridized carbons (Fsp3) is 0.533. The van der Waals surface area contributed by atoms with Gasteiger partial charge in [-0.3, -0.25) is 0 Å². The highest BCUT2D eigenvalue weighted by Crippen LogP contribution is 2.24. The maximum Gasteiger partial charge on any atom is 0.124 e. The van der Waals surface area contributed by atoms with Crippen molar-refractivity contribution in [2.45, 2.75) is 31.7 Å². The molecule has 3 nitrogen and oxygen atoms in total. The first kappa shape index (κ1) is 14.2. The van der Waals surface area contributed by atoms with Crippen molar-refractivity contribution < 1.29 is 0 Å².